The molecule has 3 fully saturated rings. The third kappa shape index (κ3) is 3.00. The van der Waals surface area contributed by atoms with Crippen molar-refractivity contribution in [3.63, 3.8) is 0 Å². The highest BCUT2D eigenvalue weighted by Gasteiger charge is 2.65. The van der Waals surface area contributed by atoms with Crippen LogP contribution in [0.2, 0.25) is 0 Å². The minimum absolute atomic E-state index is 0.0409. The average molecular weight is 387 g/mol. The Kier molecular flexibility index (Phi) is 5.23. The van der Waals surface area contributed by atoms with Gasteiger partial charge in [-0.15, -0.1) is 0 Å². The Morgan fingerprint density at radius 2 is 1.75 bits per heavy atom. The van der Waals surface area contributed by atoms with Gasteiger partial charge >= 0.3 is 5.97 Å². The summed E-state index contributed by atoms with van der Waals surface area (Å²) in [6.07, 6.45) is 8.36. The van der Waals surface area contributed by atoms with Gasteiger partial charge in [0.2, 0.25) is 0 Å². The van der Waals surface area contributed by atoms with E-state index in [0.29, 0.717) is 18.3 Å². The Balaban J connectivity index is 2.01. The quantitative estimate of drug-likeness (QED) is 0.396. The largest absolute Gasteiger partial charge is 0.462 e. The molecule has 0 amide bonds. The molecular formula is C24H34O4. The van der Waals surface area contributed by atoms with Gasteiger partial charge in [0.25, 0.3) is 0 Å². The molecule has 3 rings (SSSR count). The Morgan fingerprint density at radius 1 is 1.07 bits per heavy atom. The van der Waals surface area contributed by atoms with E-state index in [1.165, 1.54) is 13.0 Å². The minimum Gasteiger partial charge on any atom is -0.462 e. The number of hydrogen-bond acceptors (Lipinski definition) is 4. The summed E-state index contributed by atoms with van der Waals surface area (Å²) >= 11 is 0. The maximum atomic E-state index is 13.1. The first-order valence-electron chi connectivity index (χ1n) is 10.5. The number of hydrogen-bond donors (Lipinski definition) is 0. The molecule has 0 aromatic carbocycles. The predicted octanol–water partition coefficient (Wildman–Crippen LogP) is 4.82. The Bertz CT molecular complexity index is 759. The van der Waals surface area contributed by atoms with Crippen molar-refractivity contribution < 1.29 is 19.1 Å². The maximum absolute atomic E-state index is 13.1. The van der Waals surface area contributed by atoms with E-state index in [2.05, 4.69) is 27.7 Å². The number of aldehydes is 1. The third-order valence-electron chi connectivity index (χ3n) is 8.35. The molecule has 0 unspecified atom stereocenters. The van der Waals surface area contributed by atoms with Crippen molar-refractivity contribution in [3.8, 4) is 0 Å². The van der Waals surface area contributed by atoms with Crippen LogP contribution in [-0.2, 0) is 19.1 Å². The summed E-state index contributed by atoms with van der Waals surface area (Å²) in [7, 11) is 0. The number of Topliss-reactive ketones (excluding diaryl/α,β-unsaturated/α-hetero) is 1. The zero-order chi connectivity index (χ0) is 20.9. The van der Waals surface area contributed by atoms with E-state index >= 15 is 0 Å². The first kappa shape index (κ1) is 21.0. The van der Waals surface area contributed by atoms with Crippen LogP contribution in [0.1, 0.15) is 73.6 Å². The maximum Gasteiger partial charge on any atom is 0.302 e. The monoisotopic (exact) mass is 386 g/mol. The van der Waals surface area contributed by atoms with Crippen molar-refractivity contribution in [2.45, 2.75) is 79.8 Å². The molecule has 0 aliphatic heterocycles. The Morgan fingerprint density at radius 3 is 2.36 bits per heavy atom. The van der Waals surface area contributed by atoms with Gasteiger partial charge in [-0.25, -0.2) is 0 Å². The molecule has 28 heavy (non-hydrogen) atoms. The molecular weight excluding hydrogens is 352 g/mol. The van der Waals surface area contributed by atoms with Gasteiger partial charge in [-0.05, 0) is 61.5 Å². The highest BCUT2D eigenvalue weighted by molar-refractivity contribution is 6.01. The smallest absolute Gasteiger partial charge is 0.302 e. The number of allylic oxidation sites excluding steroid dienone is 4. The van der Waals surface area contributed by atoms with Gasteiger partial charge in [-0.3, -0.25) is 14.4 Å². The topological polar surface area (TPSA) is 60.4 Å². The van der Waals surface area contributed by atoms with Gasteiger partial charge in [-0.2, -0.15) is 0 Å². The van der Waals surface area contributed by atoms with Crippen LogP contribution < -0.4 is 0 Å². The molecule has 0 aromatic heterocycles. The minimum atomic E-state index is -0.207. The van der Waals surface area contributed by atoms with E-state index in [9.17, 15) is 14.4 Å². The van der Waals surface area contributed by atoms with Gasteiger partial charge in [0, 0.05) is 29.7 Å². The van der Waals surface area contributed by atoms with Crippen LogP contribution in [0.25, 0.3) is 0 Å². The lowest BCUT2D eigenvalue weighted by Crippen LogP contribution is -2.58. The number of carbonyl (C=O) groups is 3. The lowest BCUT2D eigenvalue weighted by molar-refractivity contribution is -0.185. The van der Waals surface area contributed by atoms with Gasteiger partial charge in [0.05, 0.1) is 0 Å². The SMILES string of the molecule is CC(=O)O[C@H]1CC[C@@]2(C)[C@@H](CC[C@]3(C)/C(=C(C)/C=C/C=O)C(=O)C[C@@H]23)C1(C)C. The fourth-order valence-electron chi connectivity index (χ4n) is 7.24. The van der Waals surface area contributed by atoms with Crippen molar-refractivity contribution in [2.75, 3.05) is 0 Å². The van der Waals surface area contributed by atoms with Crippen molar-refractivity contribution in [1.29, 1.82) is 0 Å². The zero-order valence-electron chi connectivity index (χ0n) is 18.1. The second-order valence-corrected chi connectivity index (χ2v) is 10.2. The number of ketones is 1. The summed E-state index contributed by atoms with van der Waals surface area (Å²) in [6, 6.07) is 0. The van der Waals surface area contributed by atoms with Crippen LogP contribution in [0.15, 0.2) is 23.3 Å². The first-order chi connectivity index (χ1) is 13.0. The molecule has 0 saturated heterocycles. The molecule has 0 bridgehead atoms. The zero-order valence-corrected chi connectivity index (χ0v) is 18.1. The molecule has 3 aliphatic rings. The third-order valence-corrected chi connectivity index (χ3v) is 8.35. The molecule has 4 heteroatoms. The van der Waals surface area contributed by atoms with Crippen LogP contribution in [0.3, 0.4) is 0 Å². The second-order valence-electron chi connectivity index (χ2n) is 10.2. The van der Waals surface area contributed by atoms with E-state index in [0.717, 1.165) is 43.1 Å². The molecule has 0 heterocycles. The van der Waals surface area contributed by atoms with Crippen molar-refractivity contribution >= 4 is 18.0 Å². The van der Waals surface area contributed by atoms with Crippen LogP contribution in [-0.4, -0.2) is 24.1 Å². The summed E-state index contributed by atoms with van der Waals surface area (Å²) < 4.78 is 5.70. The molecule has 154 valence electrons. The van der Waals surface area contributed by atoms with Crippen molar-refractivity contribution in [3.05, 3.63) is 23.3 Å². The Hall–Kier alpha value is -1.71. The molecule has 4 nitrogen and oxygen atoms in total. The van der Waals surface area contributed by atoms with Crippen LogP contribution in [0.4, 0.5) is 0 Å². The fourth-order valence-corrected chi connectivity index (χ4v) is 7.24. The number of rotatable bonds is 3. The normalized spacial score (nSPS) is 41.4. The van der Waals surface area contributed by atoms with Crippen LogP contribution in [0.5, 0.6) is 0 Å². The molecule has 0 spiro atoms. The van der Waals surface area contributed by atoms with E-state index in [-0.39, 0.29) is 34.1 Å². The lowest BCUT2D eigenvalue weighted by atomic mass is 9.43. The van der Waals surface area contributed by atoms with E-state index in [1.807, 2.05) is 6.92 Å². The molecule has 5 atom stereocenters. The van der Waals surface area contributed by atoms with E-state index < -0.39 is 0 Å². The van der Waals surface area contributed by atoms with Gasteiger partial charge in [0.1, 0.15) is 12.4 Å². The van der Waals surface area contributed by atoms with E-state index in [4.69, 9.17) is 4.74 Å². The van der Waals surface area contributed by atoms with Gasteiger partial charge in [-0.1, -0.05) is 33.8 Å². The van der Waals surface area contributed by atoms with Gasteiger partial charge in [0.15, 0.2) is 5.78 Å². The molecule has 3 saturated carbocycles. The molecule has 0 radical (unpaired) electrons. The highest BCUT2D eigenvalue weighted by Crippen LogP contribution is 2.69. The van der Waals surface area contributed by atoms with E-state index in [1.54, 1.807) is 6.08 Å². The number of ether oxygens (including phenoxy) is 1. The summed E-state index contributed by atoms with van der Waals surface area (Å²) in [4.78, 5) is 35.5. The van der Waals surface area contributed by atoms with Crippen molar-refractivity contribution in [2.24, 2.45) is 28.1 Å². The number of fused-ring (bicyclic) bond motifs is 3. The lowest BCUT2D eigenvalue weighted by Gasteiger charge is -2.62. The van der Waals surface area contributed by atoms with Gasteiger partial charge < -0.3 is 4.74 Å². The van der Waals surface area contributed by atoms with Crippen LogP contribution >= 0.6 is 0 Å². The highest BCUT2D eigenvalue weighted by atomic mass is 16.5. The van der Waals surface area contributed by atoms with Crippen LogP contribution in [0, 0.1) is 28.1 Å². The summed E-state index contributed by atoms with van der Waals surface area (Å²) in [5, 5.41) is 0. The first-order valence-corrected chi connectivity index (χ1v) is 10.5. The molecule has 0 aromatic rings. The van der Waals surface area contributed by atoms with Crippen molar-refractivity contribution in [1.82, 2.24) is 0 Å². The summed E-state index contributed by atoms with van der Waals surface area (Å²) in [6.45, 7) is 12.5. The molecule has 3 aliphatic carbocycles. The molecule has 0 N–H and O–H groups in total. The average Bonchev–Trinajstić information content (AvgIpc) is 2.87. The number of esters is 1. The predicted molar refractivity (Wildman–Crippen MR) is 109 cm³/mol. The Labute approximate surface area is 168 Å². The summed E-state index contributed by atoms with van der Waals surface area (Å²) in [5.41, 5.74) is 1.64. The fraction of sp³-hybridized carbons (Fsp3) is 0.708. The second kappa shape index (κ2) is 6.96. The number of carbonyl (C=O) groups excluding carboxylic acids is 3. The standard InChI is InChI=1S/C24H34O4/c1-15(8-7-13-25)21-17(27)14-19-23(5)12-10-20(28-16(2)26)22(3,4)18(23)9-11-24(19,21)6/h7-8,13,18-20H,9-12,14H2,1-6H3/b8-7+,21-15+/t18-,19-,20-,23-,24-/m0/s1. The summed E-state index contributed by atoms with van der Waals surface area (Å²) in [5.74, 6) is 0.732.